The second kappa shape index (κ2) is 7.59. The van der Waals surface area contributed by atoms with Gasteiger partial charge < -0.3 is 4.90 Å². The summed E-state index contributed by atoms with van der Waals surface area (Å²) in [5, 5.41) is 4.64. The smallest absolute Gasteiger partial charge is 0.141 e. The van der Waals surface area contributed by atoms with Gasteiger partial charge in [0.25, 0.3) is 0 Å². The van der Waals surface area contributed by atoms with Gasteiger partial charge in [-0.15, -0.1) is 0 Å². The summed E-state index contributed by atoms with van der Waals surface area (Å²) in [6.07, 6.45) is 14.0. The van der Waals surface area contributed by atoms with Crippen molar-refractivity contribution in [3.8, 4) is 0 Å². The normalized spacial score (nSPS) is 31.8. The molecule has 0 N–H and O–H groups in total. The Bertz CT molecular complexity index is 672. The third-order valence-electron chi connectivity index (χ3n) is 8.23. The number of fused-ring (bicyclic) bond motifs is 3. The molecule has 4 fully saturated rings. The Morgan fingerprint density at radius 2 is 1.68 bits per heavy atom. The molecule has 4 nitrogen and oxygen atoms in total. The van der Waals surface area contributed by atoms with Gasteiger partial charge in [-0.25, -0.2) is 0 Å². The minimum Gasteiger partial charge on any atom is -0.303 e. The lowest BCUT2D eigenvalue weighted by Crippen LogP contribution is -2.52. The molecule has 28 heavy (non-hydrogen) atoms. The fourth-order valence-corrected chi connectivity index (χ4v) is 6.15. The minimum atomic E-state index is 0.0388. The van der Waals surface area contributed by atoms with E-state index < -0.39 is 0 Å². The van der Waals surface area contributed by atoms with Crippen molar-refractivity contribution in [2.24, 2.45) is 16.7 Å². The highest BCUT2D eigenvalue weighted by Gasteiger charge is 2.52. The van der Waals surface area contributed by atoms with Gasteiger partial charge in [-0.3, -0.25) is 9.48 Å². The zero-order chi connectivity index (χ0) is 19.9. The Morgan fingerprint density at radius 1 is 1.07 bits per heavy atom. The molecule has 2 bridgehead atoms. The molecule has 1 aliphatic heterocycles. The Morgan fingerprint density at radius 3 is 2.18 bits per heavy atom. The van der Waals surface area contributed by atoms with Crippen LogP contribution in [0.15, 0.2) is 12.4 Å². The van der Waals surface area contributed by atoms with E-state index >= 15 is 0 Å². The summed E-state index contributed by atoms with van der Waals surface area (Å²) in [7, 11) is 0. The van der Waals surface area contributed by atoms with Crippen LogP contribution in [0.5, 0.6) is 0 Å². The molecular weight excluding hydrogens is 346 g/mol. The SMILES string of the molecule is CC(C)C(=O)C12CCC(CN3CCC(n4cc(C(C)C)cn4)CC3)(CC1)CC2. The van der Waals surface area contributed by atoms with Crippen molar-refractivity contribution in [1.29, 1.82) is 0 Å². The number of hydrogen-bond donors (Lipinski definition) is 0. The van der Waals surface area contributed by atoms with Crippen LogP contribution < -0.4 is 0 Å². The lowest BCUT2D eigenvalue weighted by Gasteiger charge is -2.55. The van der Waals surface area contributed by atoms with Gasteiger partial charge in [0.2, 0.25) is 0 Å². The number of ketones is 1. The third-order valence-corrected chi connectivity index (χ3v) is 8.23. The van der Waals surface area contributed by atoms with Crippen LogP contribution in [0.1, 0.15) is 96.6 Å². The van der Waals surface area contributed by atoms with Gasteiger partial charge >= 0.3 is 0 Å². The summed E-state index contributed by atoms with van der Waals surface area (Å²) in [6.45, 7) is 12.3. The molecule has 0 atom stereocenters. The molecule has 1 aromatic heterocycles. The predicted octanol–water partition coefficient (Wildman–Crippen LogP) is 5.21. The van der Waals surface area contributed by atoms with E-state index in [1.165, 1.54) is 57.3 Å². The molecule has 156 valence electrons. The van der Waals surface area contributed by atoms with E-state index in [0.717, 1.165) is 19.3 Å². The van der Waals surface area contributed by atoms with Gasteiger partial charge in [0.05, 0.1) is 12.2 Å². The number of rotatable bonds is 6. The van der Waals surface area contributed by atoms with Crippen molar-refractivity contribution in [2.75, 3.05) is 19.6 Å². The summed E-state index contributed by atoms with van der Waals surface area (Å²) in [4.78, 5) is 15.5. The first-order valence-electron chi connectivity index (χ1n) is 11.6. The molecule has 4 heteroatoms. The average Bonchev–Trinajstić information content (AvgIpc) is 3.20. The lowest BCUT2D eigenvalue weighted by atomic mass is 9.51. The summed E-state index contributed by atoms with van der Waals surface area (Å²) < 4.78 is 2.22. The standard InChI is InChI=1S/C24H39N3O/c1-18(2)20-15-25-27(16-20)21-5-13-26(14-6-21)17-23-7-10-24(11-8-23,12-9-23)22(28)19(3)4/h15-16,18-19,21H,5-14,17H2,1-4H3. The third kappa shape index (κ3) is 3.69. The van der Waals surface area contributed by atoms with E-state index in [1.54, 1.807) is 0 Å². The number of carbonyl (C=O) groups excluding carboxylic acids is 1. The zero-order valence-electron chi connectivity index (χ0n) is 18.4. The molecule has 3 saturated carbocycles. The molecule has 2 heterocycles. The fraction of sp³-hybridized carbons (Fsp3) is 0.833. The highest BCUT2D eigenvalue weighted by atomic mass is 16.1. The van der Waals surface area contributed by atoms with Crippen molar-refractivity contribution in [2.45, 2.75) is 91.0 Å². The van der Waals surface area contributed by atoms with Crippen LogP contribution in [0.3, 0.4) is 0 Å². The summed E-state index contributed by atoms with van der Waals surface area (Å²) in [5.41, 5.74) is 1.88. The monoisotopic (exact) mass is 385 g/mol. The Balaban J connectivity index is 1.30. The van der Waals surface area contributed by atoms with Crippen LogP contribution in [0, 0.1) is 16.7 Å². The molecule has 0 amide bonds. The second-order valence-corrected chi connectivity index (χ2v) is 10.7. The van der Waals surface area contributed by atoms with Crippen LogP contribution in [-0.4, -0.2) is 40.1 Å². The maximum atomic E-state index is 12.8. The number of hydrogen-bond acceptors (Lipinski definition) is 3. The molecule has 1 saturated heterocycles. The minimum absolute atomic E-state index is 0.0388. The van der Waals surface area contributed by atoms with Crippen LogP contribution in [0.2, 0.25) is 0 Å². The van der Waals surface area contributed by atoms with Crippen molar-refractivity contribution in [3.05, 3.63) is 18.0 Å². The Kier molecular flexibility index (Phi) is 5.45. The molecule has 4 aliphatic rings. The van der Waals surface area contributed by atoms with E-state index in [4.69, 9.17) is 0 Å². The molecule has 3 aliphatic carbocycles. The van der Waals surface area contributed by atoms with Gasteiger partial charge in [0.1, 0.15) is 5.78 Å². The maximum Gasteiger partial charge on any atom is 0.141 e. The molecule has 1 aromatic rings. The van der Waals surface area contributed by atoms with E-state index in [-0.39, 0.29) is 11.3 Å². The Hall–Kier alpha value is -1.16. The summed E-state index contributed by atoms with van der Waals surface area (Å²) >= 11 is 0. The number of aromatic nitrogens is 2. The van der Waals surface area contributed by atoms with E-state index in [1.807, 2.05) is 6.20 Å². The lowest BCUT2D eigenvalue weighted by molar-refractivity contribution is -0.142. The molecule has 0 aromatic carbocycles. The average molecular weight is 386 g/mol. The van der Waals surface area contributed by atoms with Crippen LogP contribution >= 0.6 is 0 Å². The largest absolute Gasteiger partial charge is 0.303 e. The maximum absolute atomic E-state index is 12.8. The molecule has 0 unspecified atom stereocenters. The van der Waals surface area contributed by atoms with Gasteiger partial charge in [0.15, 0.2) is 0 Å². The molecule has 0 spiro atoms. The number of likely N-dealkylation sites (tertiary alicyclic amines) is 1. The number of piperidine rings is 1. The first-order chi connectivity index (χ1) is 13.3. The van der Waals surface area contributed by atoms with Crippen LogP contribution in [0.25, 0.3) is 0 Å². The van der Waals surface area contributed by atoms with Crippen LogP contribution in [0.4, 0.5) is 0 Å². The summed E-state index contributed by atoms with van der Waals surface area (Å²) in [6, 6.07) is 0.565. The molecule has 5 rings (SSSR count). The fourth-order valence-electron chi connectivity index (χ4n) is 6.15. The summed E-state index contributed by atoms with van der Waals surface area (Å²) in [5.74, 6) is 1.30. The Labute approximate surface area is 171 Å². The molecular formula is C24H39N3O. The van der Waals surface area contributed by atoms with Gasteiger partial charge in [-0.1, -0.05) is 27.7 Å². The highest BCUT2D eigenvalue weighted by Crippen LogP contribution is 2.58. The first-order valence-corrected chi connectivity index (χ1v) is 11.6. The van der Waals surface area contributed by atoms with Gasteiger partial charge in [-0.2, -0.15) is 5.10 Å². The number of carbonyl (C=O) groups is 1. The molecule has 0 radical (unpaired) electrons. The number of Topliss-reactive ketones (excluding diaryl/α,β-unsaturated/α-hetero) is 1. The highest BCUT2D eigenvalue weighted by molar-refractivity contribution is 5.86. The van der Waals surface area contributed by atoms with E-state index in [2.05, 4.69) is 48.6 Å². The first kappa shape index (κ1) is 20.1. The number of nitrogens with zero attached hydrogens (tertiary/aromatic N) is 3. The van der Waals surface area contributed by atoms with Crippen molar-refractivity contribution < 1.29 is 4.79 Å². The zero-order valence-corrected chi connectivity index (χ0v) is 18.4. The van der Waals surface area contributed by atoms with E-state index in [9.17, 15) is 4.79 Å². The van der Waals surface area contributed by atoms with Crippen LogP contribution in [-0.2, 0) is 4.79 Å². The van der Waals surface area contributed by atoms with Crippen molar-refractivity contribution >= 4 is 5.78 Å². The quantitative estimate of drug-likeness (QED) is 0.675. The van der Waals surface area contributed by atoms with E-state index in [0.29, 0.717) is 23.2 Å². The van der Waals surface area contributed by atoms with Gasteiger partial charge in [0, 0.05) is 37.2 Å². The second-order valence-electron chi connectivity index (χ2n) is 10.7. The van der Waals surface area contributed by atoms with Crippen molar-refractivity contribution in [3.63, 3.8) is 0 Å². The predicted molar refractivity (Wildman–Crippen MR) is 113 cm³/mol. The van der Waals surface area contributed by atoms with Crippen molar-refractivity contribution in [1.82, 2.24) is 14.7 Å². The van der Waals surface area contributed by atoms with Gasteiger partial charge in [-0.05, 0) is 68.3 Å². The topological polar surface area (TPSA) is 38.1 Å².